The molecule has 2 N–H and O–H groups in total. The van der Waals surface area contributed by atoms with Crippen LogP contribution in [0.5, 0.6) is 0 Å². The maximum atomic E-state index is 11.4. The number of aryl methyl sites for hydroxylation is 1. The standard InChI is InChI=1S/C8H12ClN3O/c1-2-3-4-12-8(13)7(9)6(10)5-11-12/h5H,2-4,10H2,1H3. The molecule has 0 aromatic carbocycles. The number of nitrogen functional groups attached to an aromatic ring is 1. The van der Waals surface area contributed by atoms with Crippen molar-refractivity contribution >= 4 is 17.3 Å². The van der Waals surface area contributed by atoms with Crippen molar-refractivity contribution in [3.05, 3.63) is 21.6 Å². The number of aromatic nitrogens is 2. The van der Waals surface area contributed by atoms with E-state index in [2.05, 4.69) is 5.10 Å². The van der Waals surface area contributed by atoms with E-state index in [0.717, 1.165) is 12.8 Å². The van der Waals surface area contributed by atoms with E-state index < -0.39 is 0 Å². The Morgan fingerprint density at radius 1 is 1.69 bits per heavy atom. The van der Waals surface area contributed by atoms with Crippen LogP contribution in [0.25, 0.3) is 0 Å². The van der Waals surface area contributed by atoms with Crippen LogP contribution in [-0.4, -0.2) is 9.78 Å². The maximum absolute atomic E-state index is 11.4. The van der Waals surface area contributed by atoms with E-state index in [1.807, 2.05) is 6.92 Å². The molecule has 0 aliphatic rings. The summed E-state index contributed by atoms with van der Waals surface area (Å²) in [6.07, 6.45) is 3.32. The van der Waals surface area contributed by atoms with Gasteiger partial charge in [-0.1, -0.05) is 24.9 Å². The number of halogens is 1. The summed E-state index contributed by atoms with van der Waals surface area (Å²) in [6.45, 7) is 2.64. The first-order valence-corrected chi connectivity index (χ1v) is 4.55. The zero-order valence-electron chi connectivity index (χ0n) is 7.46. The number of hydrogen-bond donors (Lipinski definition) is 1. The summed E-state index contributed by atoms with van der Waals surface area (Å²) < 4.78 is 1.34. The highest BCUT2D eigenvalue weighted by Crippen LogP contribution is 2.09. The molecule has 13 heavy (non-hydrogen) atoms. The number of nitrogens with zero attached hydrogens (tertiary/aromatic N) is 2. The molecule has 0 saturated heterocycles. The maximum Gasteiger partial charge on any atom is 0.287 e. The SMILES string of the molecule is CCCCn1ncc(N)c(Cl)c1=O. The Bertz CT molecular complexity index is 348. The lowest BCUT2D eigenvalue weighted by atomic mass is 10.3. The van der Waals surface area contributed by atoms with E-state index in [9.17, 15) is 4.79 Å². The van der Waals surface area contributed by atoms with Gasteiger partial charge in [-0.05, 0) is 6.42 Å². The van der Waals surface area contributed by atoms with Gasteiger partial charge in [0.05, 0.1) is 11.9 Å². The fraction of sp³-hybridized carbons (Fsp3) is 0.500. The van der Waals surface area contributed by atoms with Gasteiger partial charge in [0.1, 0.15) is 5.02 Å². The molecule has 0 unspecified atom stereocenters. The molecule has 1 rings (SSSR count). The van der Waals surface area contributed by atoms with Gasteiger partial charge in [0.15, 0.2) is 0 Å². The molecule has 0 aliphatic heterocycles. The molecule has 1 heterocycles. The third-order valence-electron chi connectivity index (χ3n) is 1.74. The summed E-state index contributed by atoms with van der Waals surface area (Å²) in [4.78, 5) is 11.4. The van der Waals surface area contributed by atoms with E-state index in [-0.39, 0.29) is 16.3 Å². The van der Waals surface area contributed by atoms with Crippen LogP contribution in [0, 0.1) is 0 Å². The van der Waals surface area contributed by atoms with Crippen LogP contribution in [0.1, 0.15) is 19.8 Å². The summed E-state index contributed by atoms with van der Waals surface area (Å²) in [5.74, 6) is 0. The molecule has 0 bridgehead atoms. The first-order valence-electron chi connectivity index (χ1n) is 4.18. The van der Waals surface area contributed by atoms with Gasteiger partial charge in [-0.15, -0.1) is 0 Å². The van der Waals surface area contributed by atoms with Gasteiger partial charge in [0.25, 0.3) is 5.56 Å². The van der Waals surface area contributed by atoms with Crippen molar-refractivity contribution in [2.24, 2.45) is 0 Å². The topological polar surface area (TPSA) is 60.9 Å². The van der Waals surface area contributed by atoms with Gasteiger partial charge in [-0.25, -0.2) is 4.68 Å². The summed E-state index contributed by atoms with van der Waals surface area (Å²) >= 11 is 5.66. The Morgan fingerprint density at radius 3 is 3.00 bits per heavy atom. The van der Waals surface area contributed by atoms with E-state index in [4.69, 9.17) is 17.3 Å². The van der Waals surface area contributed by atoms with E-state index in [0.29, 0.717) is 6.54 Å². The number of anilines is 1. The van der Waals surface area contributed by atoms with Crippen LogP contribution >= 0.6 is 11.6 Å². The van der Waals surface area contributed by atoms with Crippen LogP contribution in [0.4, 0.5) is 5.69 Å². The summed E-state index contributed by atoms with van der Waals surface area (Å²) in [6, 6.07) is 0. The monoisotopic (exact) mass is 201 g/mol. The molecular formula is C8H12ClN3O. The summed E-state index contributed by atoms with van der Waals surface area (Å²) in [7, 11) is 0. The molecule has 0 saturated carbocycles. The molecular weight excluding hydrogens is 190 g/mol. The van der Waals surface area contributed by atoms with Crippen LogP contribution in [0.3, 0.4) is 0 Å². The Kier molecular flexibility index (Phi) is 3.31. The Morgan fingerprint density at radius 2 is 2.38 bits per heavy atom. The molecule has 0 spiro atoms. The highest BCUT2D eigenvalue weighted by Gasteiger charge is 2.05. The van der Waals surface area contributed by atoms with E-state index in [1.54, 1.807) is 0 Å². The summed E-state index contributed by atoms with van der Waals surface area (Å²) in [5.41, 5.74) is 5.34. The largest absolute Gasteiger partial charge is 0.396 e. The number of unbranched alkanes of at least 4 members (excludes halogenated alkanes) is 1. The third kappa shape index (κ3) is 2.21. The minimum atomic E-state index is -0.310. The van der Waals surface area contributed by atoms with Crippen molar-refractivity contribution in [2.75, 3.05) is 5.73 Å². The van der Waals surface area contributed by atoms with Gasteiger partial charge in [-0.3, -0.25) is 4.79 Å². The van der Waals surface area contributed by atoms with Crippen molar-refractivity contribution in [3.8, 4) is 0 Å². The highest BCUT2D eigenvalue weighted by molar-refractivity contribution is 6.32. The fourth-order valence-electron chi connectivity index (χ4n) is 0.945. The van der Waals surface area contributed by atoms with Gasteiger partial charge >= 0.3 is 0 Å². The van der Waals surface area contributed by atoms with Crippen molar-refractivity contribution in [1.29, 1.82) is 0 Å². The van der Waals surface area contributed by atoms with Crippen molar-refractivity contribution in [3.63, 3.8) is 0 Å². The quantitative estimate of drug-likeness (QED) is 0.802. The lowest BCUT2D eigenvalue weighted by Gasteiger charge is -2.04. The fourth-order valence-corrected chi connectivity index (χ4v) is 1.09. The predicted molar refractivity (Wildman–Crippen MR) is 52.8 cm³/mol. The molecule has 0 aliphatic carbocycles. The Labute approximate surface area is 81.3 Å². The third-order valence-corrected chi connectivity index (χ3v) is 2.12. The lowest BCUT2D eigenvalue weighted by Crippen LogP contribution is -2.24. The smallest absolute Gasteiger partial charge is 0.287 e. The average molecular weight is 202 g/mol. The zero-order valence-corrected chi connectivity index (χ0v) is 8.21. The molecule has 1 aromatic rings. The normalized spacial score (nSPS) is 10.3. The Balaban J connectivity index is 2.97. The molecule has 0 radical (unpaired) electrons. The lowest BCUT2D eigenvalue weighted by molar-refractivity contribution is 0.543. The zero-order chi connectivity index (χ0) is 9.84. The number of rotatable bonds is 3. The van der Waals surface area contributed by atoms with Crippen LogP contribution in [-0.2, 0) is 6.54 Å². The second-order valence-corrected chi connectivity index (χ2v) is 3.17. The van der Waals surface area contributed by atoms with Crippen LogP contribution < -0.4 is 11.3 Å². The first kappa shape index (κ1) is 10.1. The molecule has 0 atom stereocenters. The Hall–Kier alpha value is -1.03. The molecule has 4 nitrogen and oxygen atoms in total. The minimum absolute atomic E-state index is 0.0612. The second-order valence-electron chi connectivity index (χ2n) is 2.80. The molecule has 1 aromatic heterocycles. The van der Waals surface area contributed by atoms with Crippen molar-refractivity contribution < 1.29 is 0 Å². The average Bonchev–Trinajstić information content (AvgIpc) is 2.13. The van der Waals surface area contributed by atoms with Crippen LogP contribution in [0.2, 0.25) is 5.02 Å². The second kappa shape index (κ2) is 4.28. The highest BCUT2D eigenvalue weighted by atomic mass is 35.5. The van der Waals surface area contributed by atoms with E-state index >= 15 is 0 Å². The number of hydrogen-bond acceptors (Lipinski definition) is 3. The van der Waals surface area contributed by atoms with Crippen LogP contribution in [0.15, 0.2) is 11.0 Å². The van der Waals surface area contributed by atoms with Crippen molar-refractivity contribution in [2.45, 2.75) is 26.3 Å². The molecule has 5 heteroatoms. The molecule has 0 amide bonds. The first-order chi connectivity index (χ1) is 6.16. The van der Waals surface area contributed by atoms with Gasteiger partial charge in [0.2, 0.25) is 0 Å². The number of nitrogens with two attached hydrogens (primary N) is 1. The summed E-state index contributed by atoms with van der Waals surface area (Å²) in [5, 5.41) is 3.93. The van der Waals surface area contributed by atoms with Gasteiger partial charge < -0.3 is 5.73 Å². The van der Waals surface area contributed by atoms with Gasteiger partial charge in [-0.2, -0.15) is 5.10 Å². The molecule has 0 fully saturated rings. The van der Waals surface area contributed by atoms with Crippen molar-refractivity contribution in [1.82, 2.24) is 9.78 Å². The molecule has 72 valence electrons. The van der Waals surface area contributed by atoms with E-state index in [1.165, 1.54) is 10.9 Å². The predicted octanol–water partition coefficient (Wildman–Crippen LogP) is 1.28. The minimum Gasteiger partial charge on any atom is -0.396 e. The van der Waals surface area contributed by atoms with Gasteiger partial charge in [0, 0.05) is 6.54 Å².